The predicted molar refractivity (Wildman–Crippen MR) is 71.3 cm³/mol. The van der Waals surface area contributed by atoms with Crippen molar-refractivity contribution < 1.29 is 10.2 Å². The number of hydrogen-bond donors (Lipinski definition) is 2. The van der Waals surface area contributed by atoms with Gasteiger partial charge in [0, 0.05) is 6.61 Å². The maximum atomic E-state index is 9.77. The van der Waals surface area contributed by atoms with E-state index in [1.165, 1.54) is 5.56 Å². The normalized spacial score (nSPS) is 11.8. The fraction of sp³-hybridized carbons (Fsp3) is 0.600. The predicted octanol–water partition coefficient (Wildman–Crippen LogP) is 3.30. The number of aliphatic hydroxyl groups excluding tert-OH is 1. The lowest BCUT2D eigenvalue weighted by Gasteiger charge is -2.22. The Hall–Kier alpha value is -1.02. The highest BCUT2D eigenvalue weighted by molar-refractivity contribution is 5.36. The maximum absolute atomic E-state index is 9.77. The minimum absolute atomic E-state index is 0.0982. The van der Waals surface area contributed by atoms with Crippen LogP contribution in [0, 0.1) is 5.41 Å². The number of benzene rings is 1. The number of hydrogen-bond acceptors (Lipinski definition) is 2. The number of phenols is 1. The van der Waals surface area contributed by atoms with E-state index in [0.29, 0.717) is 5.75 Å². The van der Waals surface area contributed by atoms with Gasteiger partial charge in [0.25, 0.3) is 0 Å². The zero-order valence-electron chi connectivity index (χ0n) is 11.2. The molecule has 2 nitrogen and oxygen atoms in total. The Labute approximate surface area is 104 Å². The Kier molecular flexibility index (Phi) is 5.01. The van der Waals surface area contributed by atoms with Gasteiger partial charge in [0.15, 0.2) is 0 Å². The van der Waals surface area contributed by atoms with Gasteiger partial charge in [-0.25, -0.2) is 0 Å². The van der Waals surface area contributed by atoms with E-state index in [2.05, 4.69) is 13.0 Å². The molecule has 0 atom stereocenters. The van der Waals surface area contributed by atoms with Crippen LogP contribution in [0.15, 0.2) is 18.2 Å². The fourth-order valence-electron chi connectivity index (χ4n) is 1.92. The Morgan fingerprint density at radius 3 is 2.53 bits per heavy atom. The SMILES string of the molecule is CCCCc1cc(CC(C)(C)CO)ccc1O. The molecule has 0 radical (unpaired) electrons. The molecule has 0 saturated carbocycles. The molecule has 0 bridgehead atoms. The summed E-state index contributed by atoms with van der Waals surface area (Å²) in [6.45, 7) is 6.42. The van der Waals surface area contributed by atoms with Crippen molar-refractivity contribution in [2.45, 2.75) is 46.5 Å². The number of phenolic OH excluding ortho intramolecular Hbond substituents is 1. The number of aryl methyl sites for hydroxylation is 1. The van der Waals surface area contributed by atoms with E-state index in [-0.39, 0.29) is 12.0 Å². The lowest BCUT2D eigenvalue weighted by molar-refractivity contribution is 0.159. The number of rotatable bonds is 6. The molecule has 0 heterocycles. The highest BCUT2D eigenvalue weighted by Gasteiger charge is 2.17. The van der Waals surface area contributed by atoms with E-state index in [1.54, 1.807) is 6.07 Å². The second kappa shape index (κ2) is 6.06. The number of unbranched alkanes of at least 4 members (excludes halogenated alkanes) is 1. The smallest absolute Gasteiger partial charge is 0.118 e. The third-order valence-electron chi connectivity index (χ3n) is 3.05. The van der Waals surface area contributed by atoms with Crippen LogP contribution in [-0.2, 0) is 12.8 Å². The summed E-state index contributed by atoms with van der Waals surface area (Å²) >= 11 is 0. The summed E-state index contributed by atoms with van der Waals surface area (Å²) in [5.41, 5.74) is 2.12. The minimum Gasteiger partial charge on any atom is -0.508 e. The van der Waals surface area contributed by atoms with Crippen LogP contribution in [0.2, 0.25) is 0 Å². The molecule has 0 aromatic heterocycles. The first-order valence-corrected chi connectivity index (χ1v) is 6.40. The van der Waals surface area contributed by atoms with Gasteiger partial charge in [-0.15, -0.1) is 0 Å². The standard InChI is InChI=1S/C15H24O2/c1-4-5-6-13-9-12(7-8-14(13)17)10-15(2,3)11-16/h7-9,16-17H,4-6,10-11H2,1-3H3. The monoisotopic (exact) mass is 236 g/mol. The second-order valence-electron chi connectivity index (χ2n) is 5.57. The molecule has 0 spiro atoms. The molecule has 0 saturated heterocycles. The summed E-state index contributed by atoms with van der Waals surface area (Å²) in [5.74, 6) is 0.393. The van der Waals surface area contributed by atoms with Crippen LogP contribution < -0.4 is 0 Å². The third-order valence-corrected chi connectivity index (χ3v) is 3.05. The van der Waals surface area contributed by atoms with Gasteiger partial charge in [-0.05, 0) is 41.9 Å². The summed E-state index contributed by atoms with van der Waals surface area (Å²) in [7, 11) is 0. The van der Waals surface area contributed by atoms with Crippen LogP contribution in [-0.4, -0.2) is 16.8 Å². The van der Waals surface area contributed by atoms with Crippen LogP contribution >= 0.6 is 0 Å². The van der Waals surface area contributed by atoms with Crippen molar-refractivity contribution in [2.24, 2.45) is 5.41 Å². The van der Waals surface area contributed by atoms with Gasteiger partial charge in [0.2, 0.25) is 0 Å². The van der Waals surface area contributed by atoms with E-state index in [9.17, 15) is 10.2 Å². The molecule has 0 unspecified atom stereocenters. The zero-order chi connectivity index (χ0) is 12.9. The highest BCUT2D eigenvalue weighted by Crippen LogP contribution is 2.26. The van der Waals surface area contributed by atoms with Crippen molar-refractivity contribution in [3.63, 3.8) is 0 Å². The highest BCUT2D eigenvalue weighted by atomic mass is 16.3. The molecule has 2 heteroatoms. The first kappa shape index (κ1) is 14.0. The maximum Gasteiger partial charge on any atom is 0.118 e. The van der Waals surface area contributed by atoms with Gasteiger partial charge >= 0.3 is 0 Å². The van der Waals surface area contributed by atoms with E-state index in [1.807, 2.05) is 19.9 Å². The average molecular weight is 236 g/mol. The van der Waals surface area contributed by atoms with E-state index in [0.717, 1.165) is 31.2 Å². The third kappa shape index (κ3) is 4.39. The minimum atomic E-state index is -0.0982. The molecule has 1 aromatic carbocycles. The van der Waals surface area contributed by atoms with E-state index in [4.69, 9.17) is 0 Å². The Morgan fingerprint density at radius 1 is 1.24 bits per heavy atom. The molecule has 0 aliphatic rings. The summed E-state index contributed by atoms with van der Waals surface area (Å²) in [6, 6.07) is 5.79. The molecule has 1 rings (SSSR count). The summed E-state index contributed by atoms with van der Waals surface area (Å²) in [6.07, 6.45) is 3.99. The van der Waals surface area contributed by atoms with Gasteiger partial charge in [-0.2, -0.15) is 0 Å². The lowest BCUT2D eigenvalue weighted by Crippen LogP contribution is -2.19. The second-order valence-corrected chi connectivity index (χ2v) is 5.57. The van der Waals surface area contributed by atoms with Crippen LogP contribution in [0.3, 0.4) is 0 Å². The van der Waals surface area contributed by atoms with Crippen LogP contribution in [0.4, 0.5) is 0 Å². The van der Waals surface area contributed by atoms with Crippen LogP contribution in [0.5, 0.6) is 5.75 Å². The number of aromatic hydroxyl groups is 1. The summed E-state index contributed by atoms with van der Waals surface area (Å²) in [5, 5.41) is 19.0. The quantitative estimate of drug-likeness (QED) is 0.795. The fourth-order valence-corrected chi connectivity index (χ4v) is 1.92. The van der Waals surface area contributed by atoms with E-state index >= 15 is 0 Å². The first-order chi connectivity index (χ1) is 7.98. The van der Waals surface area contributed by atoms with Crippen LogP contribution in [0.25, 0.3) is 0 Å². The van der Waals surface area contributed by atoms with Crippen molar-refractivity contribution in [3.8, 4) is 5.75 Å². The van der Waals surface area contributed by atoms with Crippen LogP contribution in [0.1, 0.15) is 44.7 Å². The molecule has 96 valence electrons. The van der Waals surface area contributed by atoms with Gasteiger partial charge in [0.05, 0.1) is 0 Å². The largest absolute Gasteiger partial charge is 0.508 e. The summed E-state index contributed by atoms with van der Waals surface area (Å²) < 4.78 is 0. The lowest BCUT2D eigenvalue weighted by atomic mass is 9.86. The molecule has 0 fully saturated rings. The first-order valence-electron chi connectivity index (χ1n) is 6.40. The van der Waals surface area contributed by atoms with Crippen molar-refractivity contribution in [2.75, 3.05) is 6.61 Å². The topological polar surface area (TPSA) is 40.5 Å². The average Bonchev–Trinajstić information content (AvgIpc) is 2.29. The van der Waals surface area contributed by atoms with Gasteiger partial charge in [-0.3, -0.25) is 0 Å². The van der Waals surface area contributed by atoms with E-state index < -0.39 is 0 Å². The molecular weight excluding hydrogens is 212 g/mol. The van der Waals surface area contributed by atoms with Crippen molar-refractivity contribution in [3.05, 3.63) is 29.3 Å². The zero-order valence-corrected chi connectivity index (χ0v) is 11.2. The molecule has 17 heavy (non-hydrogen) atoms. The van der Waals surface area contributed by atoms with Gasteiger partial charge in [-0.1, -0.05) is 39.3 Å². The molecule has 0 aliphatic heterocycles. The van der Waals surface area contributed by atoms with Crippen molar-refractivity contribution >= 4 is 0 Å². The van der Waals surface area contributed by atoms with Crippen molar-refractivity contribution in [1.29, 1.82) is 0 Å². The molecule has 1 aromatic rings. The van der Waals surface area contributed by atoms with Crippen molar-refractivity contribution in [1.82, 2.24) is 0 Å². The molecular formula is C15H24O2. The van der Waals surface area contributed by atoms with Gasteiger partial charge < -0.3 is 10.2 Å². The Morgan fingerprint density at radius 2 is 1.94 bits per heavy atom. The Bertz CT molecular complexity index is 356. The molecule has 0 aliphatic carbocycles. The molecule has 2 N–H and O–H groups in total. The summed E-state index contributed by atoms with van der Waals surface area (Å²) in [4.78, 5) is 0. The van der Waals surface area contributed by atoms with Gasteiger partial charge in [0.1, 0.15) is 5.75 Å². The number of aliphatic hydroxyl groups is 1. The molecule has 0 amide bonds. The Balaban J connectivity index is 2.81.